The van der Waals surface area contributed by atoms with Gasteiger partial charge in [0.1, 0.15) is 0 Å². The van der Waals surface area contributed by atoms with Gasteiger partial charge in [-0.1, -0.05) is 6.07 Å². The van der Waals surface area contributed by atoms with Crippen LogP contribution < -0.4 is 10.0 Å². The van der Waals surface area contributed by atoms with Crippen molar-refractivity contribution < 1.29 is 14.3 Å². The standard InChI is InChI=1S/C18H19N3O3S/c22-16(13-25-17-8-1-2-11-21(17)24)19-15-7-5-6-14(12-15)18(23)20-9-3-4-10-20/h1-2,5-8,11-12H,3-4,9-10,13H2,(H,19,22). The topological polar surface area (TPSA) is 76.3 Å². The van der Waals surface area contributed by atoms with Gasteiger partial charge in [-0.15, -0.1) is 0 Å². The number of anilines is 1. The first-order valence-electron chi connectivity index (χ1n) is 8.14. The van der Waals surface area contributed by atoms with Crippen LogP contribution in [0.25, 0.3) is 0 Å². The smallest absolute Gasteiger partial charge is 0.253 e. The number of nitrogens with zero attached hydrogens (tertiary/aromatic N) is 2. The number of hydrogen-bond acceptors (Lipinski definition) is 4. The first-order chi connectivity index (χ1) is 12.1. The number of carbonyl (C=O) groups is 2. The van der Waals surface area contributed by atoms with E-state index in [0.717, 1.165) is 30.7 Å². The third kappa shape index (κ3) is 4.51. The van der Waals surface area contributed by atoms with Gasteiger partial charge in [0.05, 0.1) is 5.75 Å². The molecule has 1 aromatic carbocycles. The van der Waals surface area contributed by atoms with Crippen LogP contribution in [-0.2, 0) is 4.79 Å². The summed E-state index contributed by atoms with van der Waals surface area (Å²) in [6.45, 7) is 1.58. The molecule has 130 valence electrons. The molecule has 0 bridgehead atoms. The fraction of sp³-hybridized carbons (Fsp3) is 0.278. The Morgan fingerprint density at radius 1 is 1.16 bits per heavy atom. The number of pyridine rings is 1. The second-order valence-electron chi connectivity index (χ2n) is 5.78. The van der Waals surface area contributed by atoms with Crippen LogP contribution in [0.1, 0.15) is 23.2 Å². The summed E-state index contributed by atoms with van der Waals surface area (Å²) in [7, 11) is 0. The molecule has 2 aromatic rings. The normalized spacial score (nSPS) is 13.7. The van der Waals surface area contributed by atoms with Crippen molar-refractivity contribution in [2.24, 2.45) is 0 Å². The third-order valence-corrected chi connectivity index (χ3v) is 4.94. The van der Waals surface area contributed by atoms with Crippen molar-refractivity contribution in [3.05, 3.63) is 59.4 Å². The van der Waals surface area contributed by atoms with Crippen molar-refractivity contribution in [1.82, 2.24) is 4.90 Å². The average Bonchev–Trinajstić information content (AvgIpc) is 3.15. The Morgan fingerprint density at radius 3 is 2.72 bits per heavy atom. The van der Waals surface area contributed by atoms with Crippen molar-refractivity contribution in [2.45, 2.75) is 17.9 Å². The van der Waals surface area contributed by atoms with Crippen LogP contribution in [0, 0.1) is 5.21 Å². The first-order valence-corrected chi connectivity index (χ1v) is 9.12. The summed E-state index contributed by atoms with van der Waals surface area (Å²) in [6.07, 6.45) is 3.48. The lowest BCUT2D eigenvalue weighted by Crippen LogP contribution is -2.28. The van der Waals surface area contributed by atoms with Crippen LogP contribution in [0.5, 0.6) is 0 Å². The van der Waals surface area contributed by atoms with Gasteiger partial charge in [0.15, 0.2) is 6.20 Å². The van der Waals surface area contributed by atoms with E-state index in [1.54, 1.807) is 42.5 Å². The van der Waals surface area contributed by atoms with E-state index < -0.39 is 0 Å². The molecule has 25 heavy (non-hydrogen) atoms. The third-order valence-electron chi connectivity index (χ3n) is 3.93. The van der Waals surface area contributed by atoms with E-state index in [-0.39, 0.29) is 17.6 Å². The molecule has 0 unspecified atom stereocenters. The van der Waals surface area contributed by atoms with Crippen LogP contribution >= 0.6 is 11.8 Å². The number of aromatic nitrogens is 1. The van der Waals surface area contributed by atoms with Crippen molar-refractivity contribution >= 4 is 29.3 Å². The summed E-state index contributed by atoms with van der Waals surface area (Å²) in [5.74, 6) is -0.101. The van der Waals surface area contributed by atoms with Crippen LogP contribution in [-0.4, -0.2) is 35.6 Å². The zero-order chi connectivity index (χ0) is 17.6. The highest BCUT2D eigenvalue weighted by Gasteiger charge is 2.19. The summed E-state index contributed by atoms with van der Waals surface area (Å²) in [4.78, 5) is 26.3. The van der Waals surface area contributed by atoms with Gasteiger partial charge in [-0.2, -0.15) is 4.73 Å². The van der Waals surface area contributed by atoms with Gasteiger partial charge in [-0.25, -0.2) is 0 Å². The van der Waals surface area contributed by atoms with Crippen LogP contribution in [0.3, 0.4) is 0 Å². The number of amides is 2. The molecule has 1 saturated heterocycles. The van der Waals surface area contributed by atoms with E-state index in [4.69, 9.17) is 0 Å². The molecule has 6 nitrogen and oxygen atoms in total. The number of thioether (sulfide) groups is 1. The largest absolute Gasteiger partial charge is 0.618 e. The Balaban J connectivity index is 1.59. The Kier molecular flexibility index (Phi) is 5.55. The molecule has 3 rings (SSSR count). The second-order valence-corrected chi connectivity index (χ2v) is 6.78. The van der Waals surface area contributed by atoms with Crippen molar-refractivity contribution in [2.75, 3.05) is 24.2 Å². The molecule has 1 N–H and O–H groups in total. The average molecular weight is 357 g/mol. The van der Waals surface area contributed by atoms with Gasteiger partial charge in [0, 0.05) is 36.5 Å². The highest BCUT2D eigenvalue weighted by molar-refractivity contribution is 7.99. The molecule has 7 heteroatoms. The lowest BCUT2D eigenvalue weighted by molar-refractivity contribution is -0.645. The maximum Gasteiger partial charge on any atom is 0.253 e. The number of hydrogen-bond donors (Lipinski definition) is 1. The lowest BCUT2D eigenvalue weighted by atomic mass is 10.1. The number of rotatable bonds is 5. The highest BCUT2D eigenvalue weighted by Crippen LogP contribution is 2.17. The minimum Gasteiger partial charge on any atom is -0.618 e. The van der Waals surface area contributed by atoms with Crippen molar-refractivity contribution in [1.29, 1.82) is 0 Å². The van der Waals surface area contributed by atoms with Crippen LogP contribution in [0.15, 0.2) is 53.7 Å². The summed E-state index contributed by atoms with van der Waals surface area (Å²) in [5, 5.41) is 14.8. The van der Waals surface area contributed by atoms with Crippen molar-refractivity contribution in [3.8, 4) is 0 Å². The molecule has 1 aliphatic heterocycles. The lowest BCUT2D eigenvalue weighted by Gasteiger charge is -2.15. The fourth-order valence-electron chi connectivity index (χ4n) is 2.69. The van der Waals surface area contributed by atoms with E-state index in [1.165, 1.54) is 18.0 Å². The summed E-state index contributed by atoms with van der Waals surface area (Å²) >= 11 is 1.17. The quantitative estimate of drug-likeness (QED) is 0.506. The second kappa shape index (κ2) is 8.02. The molecule has 0 radical (unpaired) electrons. The summed E-state index contributed by atoms with van der Waals surface area (Å²) in [5.41, 5.74) is 1.16. The molecule has 2 heterocycles. The predicted octanol–water partition coefficient (Wildman–Crippen LogP) is 2.29. The number of carbonyl (C=O) groups excluding carboxylic acids is 2. The van der Waals surface area contributed by atoms with Crippen LogP contribution in [0.2, 0.25) is 0 Å². The van der Waals surface area contributed by atoms with E-state index in [9.17, 15) is 14.8 Å². The van der Waals surface area contributed by atoms with E-state index in [0.29, 0.717) is 16.3 Å². The molecule has 1 aromatic heterocycles. The van der Waals surface area contributed by atoms with Crippen molar-refractivity contribution in [3.63, 3.8) is 0 Å². The van der Waals surface area contributed by atoms with Gasteiger partial charge in [0.2, 0.25) is 5.91 Å². The maximum atomic E-state index is 12.4. The molecule has 0 spiro atoms. The molecule has 0 aliphatic carbocycles. The zero-order valence-corrected chi connectivity index (χ0v) is 14.5. The van der Waals surface area contributed by atoms with Crippen LogP contribution in [0.4, 0.5) is 5.69 Å². The van der Waals surface area contributed by atoms with E-state index >= 15 is 0 Å². The minimum atomic E-state index is -0.223. The Bertz CT molecular complexity index is 776. The Morgan fingerprint density at radius 2 is 1.96 bits per heavy atom. The Hall–Kier alpha value is -2.54. The van der Waals surface area contributed by atoms with Gasteiger partial charge >= 0.3 is 0 Å². The van der Waals surface area contributed by atoms with E-state index in [1.807, 2.05) is 4.90 Å². The number of likely N-dealkylation sites (tertiary alicyclic amines) is 1. The molecular formula is C18H19N3O3S. The number of benzene rings is 1. The fourth-order valence-corrected chi connectivity index (χ4v) is 3.41. The molecule has 0 saturated carbocycles. The molecule has 1 fully saturated rings. The summed E-state index contributed by atoms with van der Waals surface area (Å²) in [6, 6.07) is 12.0. The number of nitrogens with one attached hydrogen (secondary N) is 1. The molecule has 2 amide bonds. The first kappa shape index (κ1) is 17.3. The van der Waals surface area contributed by atoms with Gasteiger partial charge in [-0.3, -0.25) is 9.59 Å². The van der Waals surface area contributed by atoms with E-state index in [2.05, 4.69) is 5.32 Å². The predicted molar refractivity (Wildman–Crippen MR) is 96.3 cm³/mol. The van der Waals surface area contributed by atoms with Gasteiger partial charge in [0.25, 0.3) is 10.9 Å². The minimum absolute atomic E-state index is 0.000318. The van der Waals surface area contributed by atoms with Gasteiger partial charge in [-0.05, 0) is 48.9 Å². The molecule has 0 atom stereocenters. The molecule has 1 aliphatic rings. The zero-order valence-electron chi connectivity index (χ0n) is 13.7. The molecular weight excluding hydrogens is 338 g/mol. The maximum absolute atomic E-state index is 12.4. The highest BCUT2D eigenvalue weighted by atomic mass is 32.2. The Labute approximate surface area is 150 Å². The summed E-state index contributed by atoms with van der Waals surface area (Å²) < 4.78 is 0.729. The van der Waals surface area contributed by atoms with Gasteiger partial charge < -0.3 is 15.4 Å². The SMILES string of the molecule is O=C(CSc1cccc[n+]1[O-])Nc1cccc(C(=O)N2CCCC2)c1. The monoisotopic (exact) mass is 357 g/mol.